The van der Waals surface area contributed by atoms with Gasteiger partial charge in [-0.05, 0) is 61.8 Å². The molecule has 1 aromatic rings. The van der Waals surface area contributed by atoms with Crippen LogP contribution >= 0.6 is 0 Å². The second-order valence-corrected chi connectivity index (χ2v) is 10.0. The molecule has 1 unspecified atom stereocenters. The van der Waals surface area contributed by atoms with Crippen LogP contribution in [0.4, 0.5) is 13.2 Å². The Morgan fingerprint density at radius 3 is 2.62 bits per heavy atom. The molecule has 0 fully saturated rings. The maximum Gasteiger partial charge on any atom is 0.413 e. The molecule has 2 aliphatic heterocycles. The van der Waals surface area contributed by atoms with Crippen molar-refractivity contribution >= 4 is 0 Å². The Bertz CT molecular complexity index is 1330. The molecule has 192 valence electrons. The number of fused-ring (bicyclic) bond motifs is 1. The van der Waals surface area contributed by atoms with E-state index in [1.54, 1.807) is 6.08 Å². The number of hydrogen-bond donors (Lipinski definition) is 0. The Balaban J connectivity index is 1.52. The van der Waals surface area contributed by atoms with Crippen LogP contribution in [-0.4, -0.2) is 18.4 Å². The van der Waals surface area contributed by atoms with Gasteiger partial charge in [-0.15, -0.1) is 0 Å². The van der Waals surface area contributed by atoms with Gasteiger partial charge in [0.25, 0.3) is 0 Å². The molecule has 0 radical (unpaired) electrons. The first-order valence-electron chi connectivity index (χ1n) is 12.3. The minimum absolute atomic E-state index is 0.203. The van der Waals surface area contributed by atoms with E-state index in [-0.39, 0.29) is 13.2 Å². The summed E-state index contributed by atoms with van der Waals surface area (Å²) in [6, 6.07) is 9.57. The predicted octanol–water partition coefficient (Wildman–Crippen LogP) is 7.94. The number of halogens is 3. The van der Waals surface area contributed by atoms with Gasteiger partial charge in [-0.2, -0.15) is 13.2 Å². The highest BCUT2D eigenvalue weighted by Gasteiger charge is 2.37. The van der Waals surface area contributed by atoms with Gasteiger partial charge in [-0.3, -0.25) is 0 Å². The summed E-state index contributed by atoms with van der Waals surface area (Å²) in [5.74, 6) is 1.04. The molecule has 3 nitrogen and oxygen atoms in total. The molecular weight excluding hydrogens is 477 g/mol. The fourth-order valence-electron chi connectivity index (χ4n) is 4.75. The Morgan fingerprint density at radius 2 is 1.86 bits per heavy atom. The molecule has 0 bridgehead atoms. The smallest absolute Gasteiger partial charge is 0.413 e. The molecule has 0 amide bonds. The highest BCUT2D eigenvalue weighted by Crippen LogP contribution is 2.41. The lowest BCUT2D eigenvalue weighted by molar-refractivity contribution is -0.0966. The van der Waals surface area contributed by atoms with Crippen LogP contribution in [0.1, 0.15) is 32.8 Å². The summed E-state index contributed by atoms with van der Waals surface area (Å²) in [4.78, 5) is 0. The molecule has 0 aromatic heterocycles. The summed E-state index contributed by atoms with van der Waals surface area (Å²) >= 11 is 0. The predicted molar refractivity (Wildman–Crippen MR) is 137 cm³/mol. The molecule has 2 heterocycles. The first kappa shape index (κ1) is 25.0. The lowest BCUT2D eigenvalue weighted by Crippen LogP contribution is -2.24. The van der Waals surface area contributed by atoms with Crippen molar-refractivity contribution in [3.63, 3.8) is 0 Å². The summed E-state index contributed by atoms with van der Waals surface area (Å²) in [6.07, 6.45) is 10.4. The van der Waals surface area contributed by atoms with Gasteiger partial charge in [0.15, 0.2) is 0 Å². The van der Waals surface area contributed by atoms with E-state index < -0.39 is 23.3 Å². The van der Waals surface area contributed by atoms with Gasteiger partial charge in [0, 0.05) is 22.6 Å². The van der Waals surface area contributed by atoms with E-state index in [0.29, 0.717) is 17.8 Å². The zero-order chi connectivity index (χ0) is 26.2. The van der Waals surface area contributed by atoms with Crippen LogP contribution in [0.2, 0.25) is 0 Å². The van der Waals surface area contributed by atoms with Crippen molar-refractivity contribution in [3.05, 3.63) is 130 Å². The number of hydrogen-bond acceptors (Lipinski definition) is 3. The van der Waals surface area contributed by atoms with E-state index in [9.17, 15) is 13.2 Å². The first-order valence-corrected chi connectivity index (χ1v) is 12.3. The van der Waals surface area contributed by atoms with Crippen LogP contribution in [0.5, 0.6) is 0 Å². The molecule has 0 saturated carbocycles. The topological polar surface area (TPSA) is 27.7 Å². The SMILES string of the molecule is CC1C=C(OCc2ccccc2)C(C2=CC3=C(OC2)C2=C(C=CC3)OC(C)(C)C=C2)=CC=C1C(F)(F)F. The Hall–Kier alpha value is -3.67. The van der Waals surface area contributed by atoms with Gasteiger partial charge < -0.3 is 14.2 Å². The van der Waals surface area contributed by atoms with Gasteiger partial charge in [0.05, 0.1) is 5.57 Å². The van der Waals surface area contributed by atoms with E-state index in [2.05, 4.69) is 0 Å². The summed E-state index contributed by atoms with van der Waals surface area (Å²) < 4.78 is 59.8. The van der Waals surface area contributed by atoms with Gasteiger partial charge in [-0.25, -0.2) is 0 Å². The second-order valence-electron chi connectivity index (χ2n) is 10.0. The van der Waals surface area contributed by atoms with Crippen LogP contribution < -0.4 is 0 Å². The highest BCUT2D eigenvalue weighted by atomic mass is 19.4. The first-order chi connectivity index (χ1) is 17.6. The second kappa shape index (κ2) is 9.66. The number of rotatable bonds is 4. The molecule has 2 aliphatic carbocycles. The van der Waals surface area contributed by atoms with E-state index in [0.717, 1.165) is 39.9 Å². The lowest BCUT2D eigenvalue weighted by Gasteiger charge is -2.30. The average Bonchev–Trinajstić information content (AvgIpc) is 3.12. The van der Waals surface area contributed by atoms with Crippen molar-refractivity contribution in [2.45, 2.75) is 45.6 Å². The van der Waals surface area contributed by atoms with Gasteiger partial charge in [0.2, 0.25) is 0 Å². The normalized spacial score (nSPS) is 22.8. The molecule has 0 spiro atoms. The van der Waals surface area contributed by atoms with E-state index >= 15 is 0 Å². The number of alkyl halides is 3. The van der Waals surface area contributed by atoms with Crippen molar-refractivity contribution < 1.29 is 27.4 Å². The van der Waals surface area contributed by atoms with Crippen LogP contribution in [0.3, 0.4) is 0 Å². The van der Waals surface area contributed by atoms with Crippen molar-refractivity contribution in [2.24, 2.45) is 5.92 Å². The largest absolute Gasteiger partial charge is 0.489 e. The molecule has 1 atom stereocenters. The summed E-state index contributed by atoms with van der Waals surface area (Å²) in [7, 11) is 0. The van der Waals surface area contributed by atoms with Crippen LogP contribution in [-0.2, 0) is 20.8 Å². The molecule has 37 heavy (non-hydrogen) atoms. The highest BCUT2D eigenvalue weighted by molar-refractivity contribution is 5.58. The molecular formula is C31H29F3O3. The van der Waals surface area contributed by atoms with Crippen molar-refractivity contribution in [2.75, 3.05) is 6.61 Å². The zero-order valence-corrected chi connectivity index (χ0v) is 21.1. The fraction of sp³-hybridized carbons (Fsp3) is 0.290. The Kier molecular flexibility index (Phi) is 6.52. The van der Waals surface area contributed by atoms with Crippen molar-refractivity contribution in [1.82, 2.24) is 0 Å². The van der Waals surface area contributed by atoms with Crippen molar-refractivity contribution in [3.8, 4) is 0 Å². The molecule has 5 rings (SSSR count). The maximum atomic E-state index is 13.8. The molecule has 4 aliphatic rings. The summed E-state index contributed by atoms with van der Waals surface area (Å²) in [5.41, 5.74) is 3.08. The van der Waals surface area contributed by atoms with Gasteiger partial charge in [0.1, 0.15) is 36.1 Å². The van der Waals surface area contributed by atoms with Crippen LogP contribution in [0.25, 0.3) is 0 Å². The third-order valence-electron chi connectivity index (χ3n) is 6.65. The minimum atomic E-state index is -4.43. The van der Waals surface area contributed by atoms with Gasteiger partial charge >= 0.3 is 6.18 Å². The van der Waals surface area contributed by atoms with Crippen LogP contribution in [0, 0.1) is 5.92 Å². The summed E-state index contributed by atoms with van der Waals surface area (Å²) in [6.45, 7) is 5.97. The molecule has 1 aromatic carbocycles. The maximum absolute atomic E-state index is 13.8. The van der Waals surface area contributed by atoms with E-state index in [1.807, 2.05) is 74.6 Å². The Morgan fingerprint density at radius 1 is 1.08 bits per heavy atom. The third kappa shape index (κ3) is 5.38. The lowest BCUT2D eigenvalue weighted by atomic mass is 9.94. The monoisotopic (exact) mass is 506 g/mol. The summed E-state index contributed by atoms with van der Waals surface area (Å²) in [5, 5.41) is 0. The number of allylic oxidation sites excluding steroid dienone is 10. The third-order valence-corrected chi connectivity index (χ3v) is 6.65. The number of ether oxygens (including phenoxy) is 3. The quantitative estimate of drug-likeness (QED) is 0.415. The van der Waals surface area contributed by atoms with Crippen LogP contribution in [0.15, 0.2) is 124 Å². The van der Waals surface area contributed by atoms with E-state index in [4.69, 9.17) is 14.2 Å². The standard InChI is InChI=1S/C31H29F3O3/c1-20-16-28(35-18-21-8-5-4-6-9-21)24(12-13-26(20)31(32,33)34)23-17-22-10-7-11-27-25(29(22)36-19-23)14-15-30(2,3)37-27/h4-9,11-17,20H,10,18-19H2,1-3H3. The number of benzene rings is 1. The van der Waals surface area contributed by atoms with Gasteiger partial charge in [-0.1, -0.05) is 55.5 Å². The Labute approximate surface area is 215 Å². The van der Waals surface area contributed by atoms with Crippen molar-refractivity contribution in [1.29, 1.82) is 0 Å². The minimum Gasteiger partial charge on any atom is -0.489 e. The average molecular weight is 507 g/mol. The molecule has 0 N–H and O–H groups in total. The molecule has 0 saturated heterocycles. The van der Waals surface area contributed by atoms with E-state index in [1.165, 1.54) is 13.0 Å². The zero-order valence-electron chi connectivity index (χ0n) is 21.1. The fourth-order valence-corrected chi connectivity index (χ4v) is 4.75. The molecule has 6 heteroatoms.